The third-order valence-electron chi connectivity index (χ3n) is 0.877. The van der Waals surface area contributed by atoms with E-state index in [9.17, 15) is 14.9 Å². The monoisotopic (exact) mass is 147 g/mol. The number of hydrogen-bond donors (Lipinski definition) is 0. The summed E-state index contributed by atoms with van der Waals surface area (Å²) in [7, 11) is 0. The second kappa shape index (κ2) is 3.14. The molecule has 0 unspecified atom stereocenters. The summed E-state index contributed by atoms with van der Waals surface area (Å²) in [5.74, 6) is 0. The first kappa shape index (κ1) is 8.87. The molecule has 0 aliphatic rings. The summed E-state index contributed by atoms with van der Waals surface area (Å²) in [4.78, 5) is 19.1. The van der Waals surface area contributed by atoms with Crippen LogP contribution in [0.15, 0.2) is 0 Å². The molecule has 0 saturated heterocycles. The lowest BCUT2D eigenvalue weighted by molar-refractivity contribution is -0.497. The first-order chi connectivity index (χ1) is 4.48. The maximum atomic E-state index is 9.90. The Hall–Kier alpha value is -1.13. The average molecular weight is 147 g/mol. The van der Waals surface area contributed by atoms with Gasteiger partial charge < -0.3 is 4.74 Å². The molecule has 0 saturated carbocycles. The summed E-state index contributed by atoms with van der Waals surface area (Å²) in [6.07, 6.45) is 0. The Kier molecular flexibility index (Phi) is 2.79. The zero-order valence-electron chi connectivity index (χ0n) is 5.86. The molecule has 0 aromatic carbocycles. The molecule has 0 aromatic heterocycles. The quantitative estimate of drug-likeness (QED) is 0.324. The van der Waals surface area contributed by atoms with E-state index >= 15 is 0 Å². The molecule has 0 aliphatic heterocycles. The van der Waals surface area contributed by atoms with E-state index in [2.05, 4.69) is 4.74 Å². The minimum atomic E-state index is -0.995. The minimum absolute atomic E-state index is 0.212. The summed E-state index contributed by atoms with van der Waals surface area (Å²) >= 11 is 0. The number of carbonyl (C=O) groups excluding carboxylic acids is 1. The fraction of sp³-hybridized carbons (Fsp3) is 0.800. The van der Waals surface area contributed by atoms with Crippen molar-refractivity contribution in [3.63, 3.8) is 0 Å². The molecule has 10 heavy (non-hydrogen) atoms. The van der Waals surface area contributed by atoms with Crippen molar-refractivity contribution < 1.29 is 14.5 Å². The first-order valence-corrected chi connectivity index (χ1v) is 2.71. The fourth-order valence-corrected chi connectivity index (χ4v) is 0.478. The smallest absolute Gasteiger partial charge is 0.293 e. The molecular weight excluding hydrogens is 138 g/mol. The maximum absolute atomic E-state index is 9.90. The van der Waals surface area contributed by atoms with Crippen molar-refractivity contribution in [2.75, 3.05) is 6.54 Å². The van der Waals surface area contributed by atoms with Gasteiger partial charge in [0.25, 0.3) is 6.47 Å². The van der Waals surface area contributed by atoms with Crippen LogP contribution in [-0.2, 0) is 9.53 Å². The van der Waals surface area contributed by atoms with E-state index in [0.717, 1.165) is 0 Å². The van der Waals surface area contributed by atoms with Crippen LogP contribution in [0.3, 0.4) is 0 Å². The van der Waals surface area contributed by atoms with Crippen molar-refractivity contribution in [3.05, 3.63) is 10.1 Å². The summed E-state index contributed by atoms with van der Waals surface area (Å²) in [5, 5.41) is 9.90. The maximum Gasteiger partial charge on any atom is 0.293 e. The van der Waals surface area contributed by atoms with Gasteiger partial charge in [-0.1, -0.05) is 0 Å². The number of carbonyl (C=O) groups is 1. The molecule has 0 heterocycles. The van der Waals surface area contributed by atoms with Crippen molar-refractivity contribution in [1.82, 2.24) is 0 Å². The molecule has 0 amide bonds. The predicted octanol–water partition coefficient (Wildman–Crippen LogP) is 0.215. The molecule has 0 rings (SSSR count). The zero-order valence-corrected chi connectivity index (χ0v) is 5.86. The highest BCUT2D eigenvalue weighted by molar-refractivity contribution is 5.38. The molecule has 5 heteroatoms. The Morgan fingerprint density at radius 3 is 2.50 bits per heavy atom. The second-order valence-electron chi connectivity index (χ2n) is 2.46. The molecule has 0 N–H and O–H groups in total. The highest BCUT2D eigenvalue weighted by atomic mass is 16.6. The minimum Gasteiger partial charge on any atom is -0.455 e. The van der Waals surface area contributed by atoms with Gasteiger partial charge in [-0.05, 0) is 13.8 Å². The van der Waals surface area contributed by atoms with Crippen molar-refractivity contribution in [2.24, 2.45) is 0 Å². The van der Waals surface area contributed by atoms with Gasteiger partial charge in [0.2, 0.25) is 6.54 Å². The van der Waals surface area contributed by atoms with Gasteiger partial charge >= 0.3 is 0 Å². The van der Waals surface area contributed by atoms with Crippen molar-refractivity contribution in [1.29, 1.82) is 0 Å². The molecule has 0 bridgehead atoms. The highest BCUT2D eigenvalue weighted by Crippen LogP contribution is 2.06. The molecular formula is C5H9NO4. The van der Waals surface area contributed by atoms with E-state index in [1.165, 1.54) is 13.8 Å². The van der Waals surface area contributed by atoms with Crippen LogP contribution in [0.5, 0.6) is 0 Å². The van der Waals surface area contributed by atoms with E-state index < -0.39 is 10.5 Å². The number of rotatable bonds is 4. The van der Waals surface area contributed by atoms with E-state index in [1.54, 1.807) is 0 Å². The van der Waals surface area contributed by atoms with Gasteiger partial charge in [0.05, 0.1) is 0 Å². The number of ether oxygens (including phenoxy) is 1. The Balaban J connectivity index is 3.85. The summed E-state index contributed by atoms with van der Waals surface area (Å²) in [5.41, 5.74) is -0.995. The largest absolute Gasteiger partial charge is 0.455 e. The van der Waals surface area contributed by atoms with Crippen LogP contribution in [0.1, 0.15) is 13.8 Å². The van der Waals surface area contributed by atoms with Crippen LogP contribution in [0.2, 0.25) is 0 Å². The SMILES string of the molecule is CC(C)(C[N+](=O)[O-])OC=O. The van der Waals surface area contributed by atoms with Crippen LogP contribution >= 0.6 is 0 Å². The van der Waals surface area contributed by atoms with Crippen LogP contribution in [-0.4, -0.2) is 23.5 Å². The van der Waals surface area contributed by atoms with E-state index in [1.807, 2.05) is 0 Å². The highest BCUT2D eigenvalue weighted by Gasteiger charge is 2.25. The number of nitrogens with zero attached hydrogens (tertiary/aromatic N) is 1. The molecule has 5 nitrogen and oxygen atoms in total. The molecule has 0 atom stereocenters. The summed E-state index contributed by atoms with van der Waals surface area (Å²) in [6, 6.07) is 0. The third kappa shape index (κ3) is 3.82. The molecule has 0 aromatic rings. The molecule has 0 radical (unpaired) electrons. The van der Waals surface area contributed by atoms with Gasteiger partial charge in [0.15, 0.2) is 5.60 Å². The molecule has 0 spiro atoms. The third-order valence-corrected chi connectivity index (χ3v) is 0.877. The van der Waals surface area contributed by atoms with Gasteiger partial charge in [-0.3, -0.25) is 14.9 Å². The normalized spacial score (nSPS) is 10.6. The average Bonchev–Trinajstić information content (AvgIpc) is 1.59. The van der Waals surface area contributed by atoms with Crippen LogP contribution < -0.4 is 0 Å². The summed E-state index contributed by atoms with van der Waals surface area (Å²) < 4.78 is 4.42. The molecule has 0 fully saturated rings. The standard InChI is InChI=1S/C5H9NO4/c1-5(2,10-4-7)3-6(8)9/h4H,3H2,1-2H3. The van der Waals surface area contributed by atoms with Gasteiger partial charge in [0, 0.05) is 4.92 Å². The Labute approximate surface area is 58.1 Å². The molecule has 0 aliphatic carbocycles. The van der Waals surface area contributed by atoms with Crippen LogP contribution in [0.4, 0.5) is 0 Å². The second-order valence-corrected chi connectivity index (χ2v) is 2.46. The summed E-state index contributed by atoms with van der Waals surface area (Å²) in [6.45, 7) is 2.80. The Bertz CT molecular complexity index is 143. The van der Waals surface area contributed by atoms with Crippen LogP contribution in [0.25, 0.3) is 0 Å². The van der Waals surface area contributed by atoms with Crippen molar-refractivity contribution in [3.8, 4) is 0 Å². The zero-order chi connectivity index (χ0) is 8.20. The Morgan fingerprint density at radius 2 is 2.20 bits per heavy atom. The fourth-order valence-electron chi connectivity index (χ4n) is 0.478. The topological polar surface area (TPSA) is 69.4 Å². The van der Waals surface area contributed by atoms with Gasteiger partial charge in [-0.25, -0.2) is 0 Å². The predicted molar refractivity (Wildman–Crippen MR) is 33.1 cm³/mol. The van der Waals surface area contributed by atoms with Crippen molar-refractivity contribution >= 4 is 6.47 Å². The lowest BCUT2D eigenvalue weighted by Crippen LogP contribution is -2.32. The van der Waals surface area contributed by atoms with Gasteiger partial charge in [-0.2, -0.15) is 0 Å². The lowest BCUT2D eigenvalue weighted by Gasteiger charge is -2.16. The Morgan fingerprint density at radius 1 is 1.70 bits per heavy atom. The number of nitro groups is 1. The van der Waals surface area contributed by atoms with E-state index in [0.29, 0.717) is 0 Å². The van der Waals surface area contributed by atoms with Gasteiger partial charge in [0.1, 0.15) is 0 Å². The lowest BCUT2D eigenvalue weighted by atomic mass is 10.1. The van der Waals surface area contributed by atoms with E-state index in [4.69, 9.17) is 0 Å². The van der Waals surface area contributed by atoms with Crippen molar-refractivity contribution in [2.45, 2.75) is 19.4 Å². The van der Waals surface area contributed by atoms with Crippen LogP contribution in [0, 0.1) is 10.1 Å². The number of hydrogen-bond acceptors (Lipinski definition) is 4. The molecule has 58 valence electrons. The van der Waals surface area contributed by atoms with E-state index in [-0.39, 0.29) is 13.0 Å². The van der Waals surface area contributed by atoms with Gasteiger partial charge in [-0.15, -0.1) is 0 Å². The first-order valence-electron chi connectivity index (χ1n) is 2.71.